The molecule has 33 heavy (non-hydrogen) atoms. The molecule has 6 heteroatoms. The Balaban J connectivity index is 1.93. The fourth-order valence-electron chi connectivity index (χ4n) is 7.18. The van der Waals surface area contributed by atoms with E-state index in [1.54, 1.807) is 6.92 Å². The number of benzene rings is 1. The summed E-state index contributed by atoms with van der Waals surface area (Å²) in [5.74, 6) is -0.191. The minimum absolute atomic E-state index is 0.0434. The fourth-order valence-corrected chi connectivity index (χ4v) is 7.18. The minimum Gasteiger partial charge on any atom is -0.359 e. The van der Waals surface area contributed by atoms with Gasteiger partial charge in [0.1, 0.15) is 6.23 Å². The van der Waals surface area contributed by atoms with Gasteiger partial charge in [0.25, 0.3) is 0 Å². The van der Waals surface area contributed by atoms with Crippen LogP contribution in [0.2, 0.25) is 0 Å². The Labute approximate surface area is 198 Å². The molecular formula is C27H41N3O3. The SMILES string of the molecule is CC(=O)N1CC[C@]23c4ccccc4N[C@H]2O[C@H](C(C)(C)C)[C@]13C(=O)NC(C)(C)CC(C)(C)C. The first-order chi connectivity index (χ1) is 15.1. The van der Waals surface area contributed by atoms with Crippen molar-refractivity contribution >= 4 is 17.5 Å². The number of hydrogen-bond acceptors (Lipinski definition) is 4. The number of amides is 2. The number of para-hydroxylation sites is 1. The van der Waals surface area contributed by atoms with Crippen LogP contribution < -0.4 is 10.6 Å². The van der Waals surface area contributed by atoms with Crippen LogP contribution in [0.15, 0.2) is 24.3 Å². The highest BCUT2D eigenvalue weighted by Crippen LogP contribution is 2.64. The lowest BCUT2D eigenvalue weighted by Gasteiger charge is -2.49. The first-order valence-corrected chi connectivity index (χ1v) is 12.2. The Bertz CT molecular complexity index is 974. The van der Waals surface area contributed by atoms with Gasteiger partial charge in [-0.3, -0.25) is 9.59 Å². The average Bonchev–Trinajstić information content (AvgIpc) is 3.22. The maximum atomic E-state index is 14.7. The second kappa shape index (κ2) is 7.21. The summed E-state index contributed by atoms with van der Waals surface area (Å²) in [7, 11) is 0. The molecule has 2 saturated heterocycles. The predicted octanol–water partition coefficient (Wildman–Crippen LogP) is 4.44. The number of carbonyl (C=O) groups is 2. The zero-order valence-electron chi connectivity index (χ0n) is 21.8. The first-order valence-electron chi connectivity index (χ1n) is 12.2. The van der Waals surface area contributed by atoms with Crippen molar-refractivity contribution in [2.45, 2.75) is 104 Å². The Morgan fingerprint density at radius 1 is 1.12 bits per heavy atom. The number of ether oxygens (including phenoxy) is 1. The molecule has 1 spiro atoms. The highest BCUT2D eigenvalue weighted by atomic mass is 16.5. The van der Waals surface area contributed by atoms with Gasteiger partial charge in [0, 0.05) is 24.7 Å². The molecule has 0 radical (unpaired) electrons. The van der Waals surface area contributed by atoms with E-state index in [0.29, 0.717) is 13.0 Å². The number of nitrogens with zero attached hydrogens (tertiary/aromatic N) is 1. The van der Waals surface area contributed by atoms with E-state index in [9.17, 15) is 9.59 Å². The molecule has 6 nitrogen and oxygen atoms in total. The van der Waals surface area contributed by atoms with Crippen LogP contribution in [0, 0.1) is 10.8 Å². The molecule has 3 aliphatic rings. The van der Waals surface area contributed by atoms with Crippen molar-refractivity contribution in [3.05, 3.63) is 29.8 Å². The molecule has 0 saturated carbocycles. The van der Waals surface area contributed by atoms with Gasteiger partial charge in [0.15, 0.2) is 5.54 Å². The first kappa shape index (κ1) is 24.1. The average molecular weight is 456 g/mol. The Kier molecular flexibility index (Phi) is 5.25. The number of anilines is 1. The van der Waals surface area contributed by atoms with Gasteiger partial charge in [-0.25, -0.2) is 0 Å². The number of fused-ring (bicyclic) bond motifs is 1. The molecule has 182 valence electrons. The standard InChI is InChI=1S/C27H41N3O3/c1-17(31)30-15-14-26-18-12-10-11-13-19(18)28-22(26)33-20(24(5,6)7)27(26,30)21(32)29-25(8,9)16-23(2,3)4/h10-13,20,22,28H,14-16H2,1-9H3,(H,29,32)/t20-,22+,26+,27-/m1/s1. The maximum absolute atomic E-state index is 14.7. The molecule has 0 bridgehead atoms. The van der Waals surface area contributed by atoms with E-state index in [0.717, 1.165) is 17.7 Å². The summed E-state index contributed by atoms with van der Waals surface area (Å²) in [5, 5.41) is 6.96. The molecule has 4 atom stereocenters. The van der Waals surface area contributed by atoms with Crippen molar-refractivity contribution in [1.29, 1.82) is 0 Å². The lowest BCUT2D eigenvalue weighted by molar-refractivity contribution is -0.156. The highest BCUT2D eigenvalue weighted by molar-refractivity contribution is 5.97. The van der Waals surface area contributed by atoms with E-state index in [1.807, 2.05) is 23.1 Å². The molecule has 2 N–H and O–H groups in total. The monoisotopic (exact) mass is 455 g/mol. The molecule has 4 rings (SSSR count). The van der Waals surface area contributed by atoms with E-state index in [1.165, 1.54) is 0 Å². The van der Waals surface area contributed by atoms with Crippen molar-refractivity contribution in [3.8, 4) is 0 Å². The summed E-state index contributed by atoms with van der Waals surface area (Å²) in [6, 6.07) is 8.16. The predicted molar refractivity (Wildman–Crippen MR) is 131 cm³/mol. The molecule has 2 fully saturated rings. The van der Waals surface area contributed by atoms with Crippen molar-refractivity contribution in [3.63, 3.8) is 0 Å². The third-order valence-electron chi connectivity index (χ3n) is 7.57. The van der Waals surface area contributed by atoms with Crippen LogP contribution in [-0.4, -0.2) is 46.7 Å². The van der Waals surface area contributed by atoms with Gasteiger partial charge in [0.05, 0.1) is 11.5 Å². The van der Waals surface area contributed by atoms with Crippen molar-refractivity contribution < 1.29 is 14.3 Å². The van der Waals surface area contributed by atoms with Gasteiger partial charge >= 0.3 is 0 Å². The van der Waals surface area contributed by atoms with Gasteiger partial charge in [-0.05, 0) is 49.1 Å². The topological polar surface area (TPSA) is 70.7 Å². The third kappa shape index (κ3) is 3.39. The second-order valence-electron chi connectivity index (χ2n) is 13.2. The van der Waals surface area contributed by atoms with Crippen LogP contribution >= 0.6 is 0 Å². The van der Waals surface area contributed by atoms with Gasteiger partial charge in [-0.15, -0.1) is 0 Å². The van der Waals surface area contributed by atoms with Crippen LogP contribution in [0.1, 0.15) is 80.7 Å². The molecule has 0 aliphatic carbocycles. The Hall–Kier alpha value is -2.08. The Morgan fingerprint density at radius 2 is 1.76 bits per heavy atom. The van der Waals surface area contributed by atoms with E-state index in [4.69, 9.17) is 4.74 Å². The lowest BCUT2D eigenvalue weighted by atomic mass is 9.60. The third-order valence-corrected chi connectivity index (χ3v) is 7.57. The maximum Gasteiger partial charge on any atom is 0.250 e. The summed E-state index contributed by atoms with van der Waals surface area (Å²) in [6.45, 7) is 19.1. The number of hydrogen-bond donors (Lipinski definition) is 2. The molecular weight excluding hydrogens is 414 g/mol. The minimum atomic E-state index is -1.14. The van der Waals surface area contributed by atoms with Crippen molar-refractivity contribution in [2.24, 2.45) is 10.8 Å². The smallest absolute Gasteiger partial charge is 0.250 e. The quantitative estimate of drug-likeness (QED) is 0.707. The number of rotatable bonds is 3. The van der Waals surface area contributed by atoms with Crippen LogP contribution in [-0.2, 0) is 19.7 Å². The number of nitrogens with one attached hydrogen (secondary N) is 2. The normalized spacial score (nSPS) is 31.0. The van der Waals surface area contributed by atoms with Crippen molar-refractivity contribution in [2.75, 3.05) is 11.9 Å². The van der Waals surface area contributed by atoms with Gasteiger partial charge in [-0.1, -0.05) is 59.7 Å². The van der Waals surface area contributed by atoms with E-state index in [-0.39, 0.29) is 28.9 Å². The van der Waals surface area contributed by atoms with Crippen LogP contribution in [0.5, 0.6) is 0 Å². The van der Waals surface area contributed by atoms with Gasteiger partial charge in [-0.2, -0.15) is 0 Å². The van der Waals surface area contributed by atoms with Crippen LogP contribution in [0.3, 0.4) is 0 Å². The summed E-state index contributed by atoms with van der Waals surface area (Å²) in [5.41, 5.74) is -0.478. The Morgan fingerprint density at radius 3 is 2.33 bits per heavy atom. The summed E-state index contributed by atoms with van der Waals surface area (Å²) >= 11 is 0. The molecule has 3 aliphatic heterocycles. The molecule has 0 aromatic heterocycles. The van der Waals surface area contributed by atoms with Crippen LogP contribution in [0.25, 0.3) is 0 Å². The fraction of sp³-hybridized carbons (Fsp3) is 0.704. The highest BCUT2D eigenvalue weighted by Gasteiger charge is 2.80. The van der Waals surface area contributed by atoms with E-state index in [2.05, 4.69) is 72.1 Å². The summed E-state index contributed by atoms with van der Waals surface area (Å²) in [4.78, 5) is 29.6. The molecule has 2 amide bonds. The van der Waals surface area contributed by atoms with Gasteiger partial charge < -0.3 is 20.3 Å². The zero-order chi connectivity index (χ0) is 24.6. The molecule has 0 unspecified atom stereocenters. The van der Waals surface area contributed by atoms with E-state index >= 15 is 0 Å². The van der Waals surface area contributed by atoms with E-state index < -0.39 is 22.6 Å². The molecule has 3 heterocycles. The molecule has 1 aromatic carbocycles. The van der Waals surface area contributed by atoms with Crippen molar-refractivity contribution in [1.82, 2.24) is 10.2 Å². The van der Waals surface area contributed by atoms with Crippen LogP contribution in [0.4, 0.5) is 5.69 Å². The number of carbonyl (C=O) groups excluding carboxylic acids is 2. The number of likely N-dealkylation sites (tertiary alicyclic amines) is 1. The lowest BCUT2D eigenvalue weighted by Crippen LogP contribution is -2.72. The zero-order valence-corrected chi connectivity index (χ0v) is 21.8. The van der Waals surface area contributed by atoms with Gasteiger partial charge in [0.2, 0.25) is 11.8 Å². The largest absolute Gasteiger partial charge is 0.359 e. The second-order valence-corrected chi connectivity index (χ2v) is 13.2. The molecule has 1 aromatic rings. The summed E-state index contributed by atoms with van der Waals surface area (Å²) < 4.78 is 6.74. The summed E-state index contributed by atoms with van der Waals surface area (Å²) in [6.07, 6.45) is 0.669.